The molecule has 0 aliphatic heterocycles. The van der Waals surface area contributed by atoms with E-state index in [1.54, 1.807) is 12.1 Å². The molecule has 0 saturated carbocycles. The minimum atomic E-state index is -0.881. The van der Waals surface area contributed by atoms with Crippen LogP contribution in [0, 0.1) is 17.0 Å². The maximum absolute atomic E-state index is 13.0. The zero-order chi connectivity index (χ0) is 13.1. The van der Waals surface area contributed by atoms with Gasteiger partial charge in [-0.25, -0.2) is 8.78 Å². The van der Waals surface area contributed by atoms with E-state index in [1.165, 1.54) is 24.0 Å². The topological polar surface area (TPSA) is 62.8 Å². The van der Waals surface area contributed by atoms with Gasteiger partial charge in [-0.3, -0.25) is 10.4 Å². The van der Waals surface area contributed by atoms with Crippen LogP contribution < -0.4 is 5.73 Å². The van der Waals surface area contributed by atoms with Crippen molar-refractivity contribution in [3.8, 4) is 0 Å². The van der Waals surface area contributed by atoms with Crippen LogP contribution in [-0.4, -0.2) is 10.8 Å². The van der Waals surface area contributed by atoms with Crippen LogP contribution >= 0.6 is 11.8 Å². The number of aromatic nitrogens is 1. The molecular weight excluding hydrogens is 256 g/mol. The average Bonchev–Trinajstić information content (AvgIpc) is 2.34. The van der Waals surface area contributed by atoms with Crippen molar-refractivity contribution in [2.75, 3.05) is 0 Å². The molecule has 6 heteroatoms. The van der Waals surface area contributed by atoms with Gasteiger partial charge in [0.15, 0.2) is 11.6 Å². The Hall–Kier alpha value is -1.95. The second kappa shape index (κ2) is 5.14. The summed E-state index contributed by atoms with van der Waals surface area (Å²) in [5, 5.41) is 7.20. The molecule has 3 nitrogen and oxygen atoms in total. The second-order valence-electron chi connectivity index (χ2n) is 3.47. The summed E-state index contributed by atoms with van der Waals surface area (Å²) in [7, 11) is 0. The second-order valence-corrected chi connectivity index (χ2v) is 4.62. The number of rotatable bonds is 3. The van der Waals surface area contributed by atoms with Gasteiger partial charge in [0.05, 0.1) is 0 Å². The first-order chi connectivity index (χ1) is 8.56. The first-order valence-corrected chi connectivity index (χ1v) is 5.81. The Kier molecular flexibility index (Phi) is 3.57. The van der Waals surface area contributed by atoms with Crippen molar-refractivity contribution < 1.29 is 8.78 Å². The third-order valence-corrected chi connectivity index (χ3v) is 3.11. The largest absolute Gasteiger partial charge is 0.382 e. The summed E-state index contributed by atoms with van der Waals surface area (Å²) in [6.45, 7) is 0. The van der Waals surface area contributed by atoms with Gasteiger partial charge in [0.25, 0.3) is 0 Å². The molecule has 1 aromatic carbocycles. The van der Waals surface area contributed by atoms with Gasteiger partial charge in [-0.1, -0.05) is 11.8 Å². The molecule has 92 valence electrons. The Morgan fingerprint density at radius 3 is 2.39 bits per heavy atom. The summed E-state index contributed by atoms with van der Waals surface area (Å²) in [6.07, 6.45) is 1.53. The number of nitrogens with one attached hydrogen (secondary N) is 1. The van der Waals surface area contributed by atoms with Gasteiger partial charge >= 0.3 is 0 Å². The van der Waals surface area contributed by atoms with Gasteiger partial charge in [0.1, 0.15) is 11.5 Å². The van der Waals surface area contributed by atoms with E-state index in [9.17, 15) is 8.78 Å². The molecule has 2 aromatic rings. The number of nitrogens with two attached hydrogens (primary N) is 1. The molecule has 1 aromatic heterocycles. The minimum Gasteiger partial charge on any atom is -0.382 e. The van der Waals surface area contributed by atoms with Gasteiger partial charge in [0.2, 0.25) is 0 Å². The molecule has 0 aliphatic carbocycles. The van der Waals surface area contributed by atoms with Crippen LogP contribution in [0.15, 0.2) is 46.3 Å². The summed E-state index contributed by atoms with van der Waals surface area (Å²) in [5.74, 6) is -1.86. The molecule has 0 radical (unpaired) electrons. The summed E-state index contributed by atoms with van der Waals surface area (Å²) >= 11 is 1.25. The molecule has 0 aliphatic rings. The monoisotopic (exact) mass is 265 g/mol. The number of hydrogen-bond acceptors (Lipinski definition) is 3. The van der Waals surface area contributed by atoms with Crippen molar-refractivity contribution in [2.45, 2.75) is 9.79 Å². The fourth-order valence-electron chi connectivity index (χ4n) is 1.28. The lowest BCUT2D eigenvalue weighted by atomic mass is 10.3. The van der Waals surface area contributed by atoms with Crippen molar-refractivity contribution in [3.05, 3.63) is 53.9 Å². The van der Waals surface area contributed by atoms with Crippen molar-refractivity contribution >= 4 is 17.6 Å². The molecule has 18 heavy (non-hydrogen) atoms. The molecule has 0 bridgehead atoms. The fourth-order valence-corrected chi connectivity index (χ4v) is 2.09. The minimum absolute atomic E-state index is 0.112. The highest BCUT2D eigenvalue weighted by Crippen LogP contribution is 2.28. The van der Waals surface area contributed by atoms with E-state index in [0.717, 1.165) is 17.0 Å². The Bertz CT molecular complexity index is 584. The third kappa shape index (κ3) is 2.84. The number of benzene rings is 1. The number of hydrogen-bond donors (Lipinski definition) is 2. The Morgan fingerprint density at radius 1 is 1.11 bits per heavy atom. The SMILES string of the molecule is N=C(N)c1ccc(Sc2ccc(F)c(F)c2)cn1. The molecule has 0 amide bonds. The molecule has 0 unspecified atom stereocenters. The van der Waals surface area contributed by atoms with Gasteiger partial charge in [-0.2, -0.15) is 0 Å². The van der Waals surface area contributed by atoms with E-state index >= 15 is 0 Å². The predicted molar refractivity (Wildman–Crippen MR) is 65.7 cm³/mol. The Balaban J connectivity index is 2.18. The summed E-state index contributed by atoms with van der Waals surface area (Å²) in [5.41, 5.74) is 5.65. The number of pyridine rings is 1. The van der Waals surface area contributed by atoms with Gasteiger partial charge in [-0.15, -0.1) is 0 Å². The lowest BCUT2D eigenvalue weighted by Crippen LogP contribution is -2.12. The lowest BCUT2D eigenvalue weighted by Gasteiger charge is -2.03. The van der Waals surface area contributed by atoms with Crippen LogP contribution in [-0.2, 0) is 0 Å². The van der Waals surface area contributed by atoms with Crippen LogP contribution in [0.1, 0.15) is 5.69 Å². The number of amidine groups is 1. The molecule has 0 fully saturated rings. The van der Waals surface area contributed by atoms with Crippen molar-refractivity contribution in [1.29, 1.82) is 5.41 Å². The molecule has 0 atom stereocenters. The Morgan fingerprint density at radius 2 is 1.83 bits per heavy atom. The zero-order valence-corrected chi connectivity index (χ0v) is 9.97. The Labute approximate surface area is 107 Å². The summed E-state index contributed by atoms with van der Waals surface area (Å²) < 4.78 is 25.7. The van der Waals surface area contributed by atoms with Crippen molar-refractivity contribution in [3.63, 3.8) is 0 Å². The van der Waals surface area contributed by atoms with Crippen LogP contribution in [0.3, 0.4) is 0 Å². The molecule has 0 spiro atoms. The van der Waals surface area contributed by atoms with Gasteiger partial charge < -0.3 is 5.73 Å². The number of nitrogen functional groups attached to an aromatic ring is 1. The molecule has 0 saturated heterocycles. The van der Waals surface area contributed by atoms with E-state index in [1.807, 2.05) is 0 Å². The molecule has 2 rings (SSSR count). The zero-order valence-electron chi connectivity index (χ0n) is 9.15. The van der Waals surface area contributed by atoms with E-state index < -0.39 is 11.6 Å². The number of halogens is 2. The highest BCUT2D eigenvalue weighted by atomic mass is 32.2. The van der Waals surface area contributed by atoms with Gasteiger partial charge in [0, 0.05) is 16.0 Å². The van der Waals surface area contributed by atoms with E-state index in [0.29, 0.717) is 10.6 Å². The predicted octanol–water partition coefficient (Wildman–Crippen LogP) is 2.80. The maximum Gasteiger partial charge on any atom is 0.159 e. The fraction of sp³-hybridized carbons (Fsp3) is 0. The van der Waals surface area contributed by atoms with Crippen molar-refractivity contribution in [1.82, 2.24) is 4.98 Å². The highest BCUT2D eigenvalue weighted by Gasteiger charge is 2.05. The van der Waals surface area contributed by atoms with E-state index in [2.05, 4.69) is 4.98 Å². The average molecular weight is 265 g/mol. The van der Waals surface area contributed by atoms with E-state index in [-0.39, 0.29) is 5.84 Å². The maximum atomic E-state index is 13.0. The smallest absolute Gasteiger partial charge is 0.159 e. The standard InChI is InChI=1S/C12H9F2N3S/c13-9-3-1-7(5-10(9)14)18-8-2-4-11(12(15)16)17-6-8/h1-6H,(H3,15,16). The first-order valence-electron chi connectivity index (χ1n) is 4.99. The molecule has 3 N–H and O–H groups in total. The third-order valence-electron chi connectivity index (χ3n) is 2.14. The molecular formula is C12H9F2N3S. The highest BCUT2D eigenvalue weighted by molar-refractivity contribution is 7.99. The van der Waals surface area contributed by atoms with Gasteiger partial charge in [-0.05, 0) is 30.3 Å². The van der Waals surface area contributed by atoms with E-state index in [4.69, 9.17) is 11.1 Å². The molecule has 1 heterocycles. The quantitative estimate of drug-likeness (QED) is 0.662. The first kappa shape index (κ1) is 12.5. The lowest BCUT2D eigenvalue weighted by molar-refractivity contribution is 0.506. The summed E-state index contributed by atoms with van der Waals surface area (Å²) in [6, 6.07) is 7.01. The van der Waals surface area contributed by atoms with Crippen molar-refractivity contribution in [2.24, 2.45) is 5.73 Å². The van der Waals surface area contributed by atoms with Crippen LogP contribution in [0.2, 0.25) is 0 Å². The van der Waals surface area contributed by atoms with Crippen LogP contribution in [0.25, 0.3) is 0 Å². The number of nitrogens with zero attached hydrogens (tertiary/aromatic N) is 1. The van der Waals surface area contributed by atoms with Crippen LogP contribution in [0.5, 0.6) is 0 Å². The summed E-state index contributed by atoms with van der Waals surface area (Å²) in [4.78, 5) is 5.31. The normalized spacial score (nSPS) is 10.3. The van der Waals surface area contributed by atoms with Crippen LogP contribution in [0.4, 0.5) is 8.78 Å².